The molecule has 0 bridgehead atoms. The van der Waals surface area contributed by atoms with Gasteiger partial charge in [0.25, 0.3) is 0 Å². The van der Waals surface area contributed by atoms with Gasteiger partial charge in [-0.15, -0.1) is 34.5 Å². The van der Waals surface area contributed by atoms with Gasteiger partial charge >= 0.3 is 37.9 Å². The van der Waals surface area contributed by atoms with Gasteiger partial charge in [0.15, 0.2) is 0 Å². The minimum absolute atomic E-state index is 0.521. The van der Waals surface area contributed by atoms with Crippen LogP contribution >= 0.6 is 17.0 Å². The summed E-state index contributed by atoms with van der Waals surface area (Å²) in [7, 11) is 9.87. The predicted octanol–water partition coefficient (Wildman–Crippen LogP) is 8.86. The fourth-order valence-corrected chi connectivity index (χ4v) is 3.76. The molecule has 1 unspecified atom stereocenters. The van der Waals surface area contributed by atoms with Crippen molar-refractivity contribution in [3.05, 3.63) is 64.7 Å². The van der Waals surface area contributed by atoms with Gasteiger partial charge in [-0.25, -0.2) is 0 Å². The summed E-state index contributed by atoms with van der Waals surface area (Å²) < 4.78 is 0. The van der Waals surface area contributed by atoms with E-state index in [0.29, 0.717) is 11.8 Å². The van der Waals surface area contributed by atoms with Gasteiger partial charge in [0.1, 0.15) is 0 Å². The number of hydrogen-bond acceptors (Lipinski definition) is 0. The van der Waals surface area contributed by atoms with E-state index in [1.54, 1.807) is 0 Å². The van der Waals surface area contributed by atoms with Crippen LogP contribution < -0.4 is 0 Å². The molecular weight excluding hydrogens is 450 g/mol. The summed E-state index contributed by atoms with van der Waals surface area (Å²) in [5.74, 6) is 1.14. The van der Waals surface area contributed by atoms with Gasteiger partial charge in [0.05, 0.1) is 0 Å². The van der Waals surface area contributed by atoms with Crippen molar-refractivity contribution in [2.24, 2.45) is 0 Å². The molecule has 1 atom stereocenters. The molecule has 27 heavy (non-hydrogen) atoms. The van der Waals surface area contributed by atoms with Gasteiger partial charge in [-0.2, -0.15) is 6.07 Å². The molecular formula is C24H29Cl2Zr-. The van der Waals surface area contributed by atoms with Crippen LogP contribution in [0.2, 0.25) is 0 Å². The predicted molar refractivity (Wildman–Crippen MR) is 119 cm³/mol. The molecule has 0 fully saturated rings. The monoisotopic (exact) mass is 477 g/mol. The average Bonchev–Trinajstić information content (AvgIpc) is 3.04. The third kappa shape index (κ3) is 5.53. The first-order valence-electron chi connectivity index (χ1n) is 9.60. The van der Waals surface area contributed by atoms with Gasteiger partial charge in [-0.05, 0) is 31.2 Å². The van der Waals surface area contributed by atoms with Crippen molar-refractivity contribution < 1.29 is 20.8 Å². The summed E-state index contributed by atoms with van der Waals surface area (Å²) in [5, 5.41) is 2.80. The molecule has 0 nitrogen and oxygen atoms in total. The zero-order valence-electron chi connectivity index (χ0n) is 17.2. The van der Waals surface area contributed by atoms with Crippen LogP contribution in [0.1, 0.15) is 68.2 Å². The zero-order valence-corrected chi connectivity index (χ0v) is 21.1. The fraction of sp³-hybridized carbons (Fsp3) is 0.375. The summed E-state index contributed by atoms with van der Waals surface area (Å²) in [4.78, 5) is 0. The zero-order chi connectivity index (χ0) is 20.1. The normalized spacial score (nSPS) is 12.0. The van der Waals surface area contributed by atoms with Crippen LogP contribution in [-0.4, -0.2) is 0 Å². The van der Waals surface area contributed by atoms with Crippen LogP contribution in [0.5, 0.6) is 0 Å². The van der Waals surface area contributed by atoms with Gasteiger partial charge in [0.2, 0.25) is 0 Å². The van der Waals surface area contributed by atoms with Crippen molar-refractivity contribution >= 4 is 27.8 Å². The molecule has 0 aliphatic rings. The van der Waals surface area contributed by atoms with E-state index in [9.17, 15) is 0 Å². The minimum atomic E-state index is -0.826. The Labute approximate surface area is 183 Å². The Morgan fingerprint density at radius 3 is 2.07 bits per heavy atom. The van der Waals surface area contributed by atoms with Gasteiger partial charge in [0, 0.05) is 0 Å². The number of rotatable bonds is 4. The van der Waals surface area contributed by atoms with Gasteiger partial charge in [-0.3, -0.25) is 0 Å². The molecule has 0 spiro atoms. The first kappa shape index (κ1) is 22.8. The van der Waals surface area contributed by atoms with E-state index in [4.69, 9.17) is 17.0 Å². The molecule has 0 N–H and O–H groups in total. The van der Waals surface area contributed by atoms with E-state index >= 15 is 0 Å². The van der Waals surface area contributed by atoms with E-state index in [-0.39, 0.29) is 0 Å². The number of benzene rings is 2. The van der Waals surface area contributed by atoms with E-state index in [0.717, 1.165) is 0 Å². The Balaban J connectivity index is 0.000000817. The molecule has 0 saturated carbocycles. The third-order valence-electron chi connectivity index (χ3n) is 5.26. The maximum absolute atomic E-state index is 4.93. The Morgan fingerprint density at radius 2 is 1.56 bits per heavy atom. The van der Waals surface area contributed by atoms with E-state index < -0.39 is 20.8 Å². The van der Waals surface area contributed by atoms with E-state index in [2.05, 4.69) is 84.0 Å². The quantitative estimate of drug-likeness (QED) is 0.328. The molecule has 0 radical (unpaired) electrons. The van der Waals surface area contributed by atoms with E-state index in [1.165, 1.54) is 50.6 Å². The molecule has 0 amide bonds. The standard InChI is InChI=1S/C24H29.2ClH.Zr/c1-7-18(6)20-13-19-8-9-22(15(2)3)24(23(19)14-20)21-11-16(4)10-17(5)12-21;;;/h8-15,18H,7H2,1-6H3;2*1H;/q-1;;;+2/p-2. The number of hydrogen-bond donors (Lipinski definition) is 0. The molecule has 0 aliphatic carbocycles. The maximum atomic E-state index is 4.93. The van der Waals surface area contributed by atoms with Crippen LogP contribution in [0.25, 0.3) is 21.9 Å². The van der Waals surface area contributed by atoms with Crippen molar-refractivity contribution in [1.29, 1.82) is 0 Å². The number of aryl methyl sites for hydroxylation is 2. The van der Waals surface area contributed by atoms with Crippen molar-refractivity contribution in [3.63, 3.8) is 0 Å². The fourth-order valence-electron chi connectivity index (χ4n) is 3.76. The Hall–Kier alpha value is -0.487. The molecule has 144 valence electrons. The van der Waals surface area contributed by atoms with Crippen LogP contribution in [0.15, 0.2) is 42.5 Å². The SMILES string of the molecule is CCC(C)c1cc2c(-c3cc(C)cc(C)c3)c(C(C)C)ccc2[cH-]1.[Cl][Zr][Cl]. The first-order valence-corrected chi connectivity index (χ1v) is 15.9. The molecule has 3 aromatic carbocycles. The second-order valence-corrected chi connectivity index (χ2v) is 11.5. The van der Waals surface area contributed by atoms with Crippen molar-refractivity contribution in [3.8, 4) is 11.1 Å². The van der Waals surface area contributed by atoms with Crippen LogP contribution in [0.4, 0.5) is 0 Å². The first-order chi connectivity index (χ1) is 12.8. The van der Waals surface area contributed by atoms with Crippen LogP contribution in [0, 0.1) is 13.8 Å². The van der Waals surface area contributed by atoms with Crippen LogP contribution in [-0.2, 0) is 20.8 Å². The molecule has 3 aromatic rings. The number of halogens is 2. The summed E-state index contributed by atoms with van der Waals surface area (Å²) in [5.41, 5.74) is 8.40. The Bertz CT molecular complexity index is 873. The second kappa shape index (κ2) is 10.3. The van der Waals surface area contributed by atoms with Crippen LogP contribution in [0.3, 0.4) is 0 Å². The van der Waals surface area contributed by atoms with Gasteiger partial charge in [-0.1, -0.05) is 74.6 Å². The van der Waals surface area contributed by atoms with Crippen molar-refractivity contribution in [1.82, 2.24) is 0 Å². The summed E-state index contributed by atoms with van der Waals surface area (Å²) in [6.07, 6.45) is 1.19. The number of fused-ring (bicyclic) bond motifs is 1. The van der Waals surface area contributed by atoms with Gasteiger partial charge < -0.3 is 0 Å². The topological polar surface area (TPSA) is 0 Å². The Kier molecular flexibility index (Phi) is 8.73. The Morgan fingerprint density at radius 1 is 0.963 bits per heavy atom. The summed E-state index contributed by atoms with van der Waals surface area (Å²) >= 11 is -0.826. The van der Waals surface area contributed by atoms with E-state index in [1.807, 2.05) is 0 Å². The molecule has 0 saturated heterocycles. The third-order valence-corrected chi connectivity index (χ3v) is 5.26. The molecule has 0 heterocycles. The average molecular weight is 480 g/mol. The molecule has 3 rings (SSSR count). The summed E-state index contributed by atoms with van der Waals surface area (Å²) in [6.45, 7) is 13.6. The summed E-state index contributed by atoms with van der Waals surface area (Å²) in [6, 6.07) is 16.4. The molecule has 3 heteroatoms. The molecule has 0 aliphatic heterocycles. The van der Waals surface area contributed by atoms with Crippen molar-refractivity contribution in [2.45, 2.75) is 59.8 Å². The second-order valence-electron chi connectivity index (χ2n) is 7.73. The molecule has 0 aromatic heterocycles. The van der Waals surface area contributed by atoms with Crippen molar-refractivity contribution in [2.75, 3.05) is 0 Å².